The maximum Gasteiger partial charge on any atom is 0.269 e. The lowest BCUT2D eigenvalue weighted by molar-refractivity contribution is -0.384. The Morgan fingerprint density at radius 1 is 1.29 bits per heavy atom. The van der Waals surface area contributed by atoms with Crippen molar-refractivity contribution in [3.8, 4) is 0 Å². The molecule has 0 saturated carbocycles. The van der Waals surface area contributed by atoms with Crippen LogP contribution in [0.3, 0.4) is 0 Å². The lowest BCUT2D eigenvalue weighted by Crippen LogP contribution is -2.19. The van der Waals surface area contributed by atoms with Crippen molar-refractivity contribution in [2.75, 3.05) is 5.43 Å². The third-order valence-corrected chi connectivity index (χ3v) is 2.11. The third kappa shape index (κ3) is 2.55. The van der Waals surface area contributed by atoms with Crippen molar-refractivity contribution in [1.29, 1.82) is 0 Å². The SMILES string of the molecule is O=[N+]([O-])c1ccc([C@@H](O)Nn2cnnc2)cc1. The quantitative estimate of drug-likeness (QED) is 0.452. The first-order chi connectivity index (χ1) is 8.16. The van der Waals surface area contributed by atoms with Crippen molar-refractivity contribution >= 4 is 5.69 Å². The molecule has 0 saturated heterocycles. The molecule has 17 heavy (non-hydrogen) atoms. The Morgan fingerprint density at radius 3 is 2.41 bits per heavy atom. The molecular formula is C9H9N5O3. The molecule has 0 spiro atoms. The van der Waals surface area contributed by atoms with Gasteiger partial charge >= 0.3 is 0 Å². The monoisotopic (exact) mass is 235 g/mol. The minimum absolute atomic E-state index is 0.0229. The number of non-ortho nitro benzene ring substituents is 1. The molecular weight excluding hydrogens is 226 g/mol. The fourth-order valence-electron chi connectivity index (χ4n) is 1.26. The molecule has 0 fully saturated rings. The van der Waals surface area contributed by atoms with Gasteiger partial charge in [-0.3, -0.25) is 15.5 Å². The molecule has 0 bridgehead atoms. The largest absolute Gasteiger partial charge is 0.368 e. The number of hydrogen-bond donors (Lipinski definition) is 2. The molecule has 1 heterocycles. The van der Waals surface area contributed by atoms with Gasteiger partial charge in [-0.2, -0.15) is 0 Å². The van der Waals surface area contributed by atoms with Gasteiger partial charge < -0.3 is 5.11 Å². The second kappa shape index (κ2) is 4.58. The van der Waals surface area contributed by atoms with Gasteiger partial charge in [0.1, 0.15) is 12.7 Å². The van der Waals surface area contributed by atoms with E-state index < -0.39 is 11.2 Å². The average molecular weight is 235 g/mol. The van der Waals surface area contributed by atoms with E-state index in [9.17, 15) is 15.2 Å². The van der Waals surface area contributed by atoms with E-state index >= 15 is 0 Å². The number of aliphatic hydroxyl groups excluding tert-OH is 1. The van der Waals surface area contributed by atoms with Crippen LogP contribution in [-0.4, -0.2) is 24.9 Å². The van der Waals surface area contributed by atoms with Crippen molar-refractivity contribution in [1.82, 2.24) is 14.9 Å². The minimum atomic E-state index is -0.994. The average Bonchev–Trinajstić information content (AvgIpc) is 2.82. The first kappa shape index (κ1) is 11.0. The van der Waals surface area contributed by atoms with Crippen LogP contribution < -0.4 is 5.43 Å². The molecule has 2 rings (SSSR count). The first-order valence-electron chi connectivity index (χ1n) is 4.70. The highest BCUT2D eigenvalue weighted by molar-refractivity contribution is 5.34. The van der Waals surface area contributed by atoms with E-state index in [0.717, 1.165) is 0 Å². The Morgan fingerprint density at radius 2 is 1.88 bits per heavy atom. The third-order valence-electron chi connectivity index (χ3n) is 2.11. The molecule has 1 aromatic heterocycles. The zero-order valence-corrected chi connectivity index (χ0v) is 8.59. The lowest BCUT2D eigenvalue weighted by atomic mass is 10.2. The molecule has 0 aliphatic rings. The second-order valence-electron chi connectivity index (χ2n) is 3.25. The highest BCUT2D eigenvalue weighted by Crippen LogP contribution is 2.16. The molecule has 8 heteroatoms. The van der Waals surface area contributed by atoms with E-state index in [1.807, 2.05) is 0 Å². The zero-order valence-electron chi connectivity index (χ0n) is 8.59. The molecule has 0 unspecified atom stereocenters. The van der Waals surface area contributed by atoms with Crippen molar-refractivity contribution in [2.24, 2.45) is 0 Å². The smallest absolute Gasteiger partial charge is 0.269 e. The molecule has 0 aliphatic carbocycles. The molecule has 0 radical (unpaired) electrons. The summed E-state index contributed by atoms with van der Waals surface area (Å²) in [6, 6.07) is 5.60. The van der Waals surface area contributed by atoms with Crippen LogP contribution in [0.4, 0.5) is 5.69 Å². The van der Waals surface area contributed by atoms with Crippen molar-refractivity contribution in [3.05, 3.63) is 52.6 Å². The molecule has 1 atom stereocenters. The van der Waals surface area contributed by atoms with Crippen LogP contribution in [0.2, 0.25) is 0 Å². The van der Waals surface area contributed by atoms with Crippen molar-refractivity contribution < 1.29 is 10.0 Å². The molecule has 0 aliphatic heterocycles. The molecule has 2 aromatic rings. The number of aliphatic hydroxyl groups is 1. The number of hydrogen-bond acceptors (Lipinski definition) is 6. The van der Waals surface area contributed by atoms with Crippen molar-refractivity contribution in [3.63, 3.8) is 0 Å². The Hall–Kier alpha value is -2.48. The van der Waals surface area contributed by atoms with Crippen LogP contribution in [0.15, 0.2) is 36.9 Å². The number of benzene rings is 1. The number of aromatic nitrogens is 3. The van der Waals surface area contributed by atoms with Gasteiger partial charge in [-0.1, -0.05) is 0 Å². The summed E-state index contributed by atoms with van der Waals surface area (Å²) in [5.74, 6) is 0. The summed E-state index contributed by atoms with van der Waals surface area (Å²) < 4.78 is 1.38. The number of nitro groups is 1. The highest BCUT2D eigenvalue weighted by Gasteiger charge is 2.10. The van der Waals surface area contributed by atoms with E-state index in [0.29, 0.717) is 5.56 Å². The molecule has 0 amide bonds. The summed E-state index contributed by atoms with van der Waals surface area (Å²) in [6.07, 6.45) is 1.77. The predicted octanol–water partition coefficient (Wildman–Crippen LogP) is 0.421. The Kier molecular flexibility index (Phi) is 2.97. The maximum atomic E-state index is 10.4. The van der Waals surface area contributed by atoms with Gasteiger partial charge in [0, 0.05) is 17.7 Å². The summed E-state index contributed by atoms with van der Waals surface area (Å²) in [6.45, 7) is 0. The van der Waals surface area contributed by atoms with Gasteiger partial charge in [-0.15, -0.1) is 10.2 Å². The summed E-state index contributed by atoms with van der Waals surface area (Å²) in [5, 5.41) is 27.3. The van der Waals surface area contributed by atoms with Crippen LogP contribution in [0, 0.1) is 10.1 Å². The standard InChI is InChI=1S/C9H9N5O3/c15-9(12-13-5-10-11-6-13)7-1-3-8(4-2-7)14(16)17/h1-6,9,12,15H/t9-/m1/s1. The second-order valence-corrected chi connectivity index (χ2v) is 3.25. The van der Waals surface area contributed by atoms with Gasteiger partial charge in [-0.25, -0.2) is 4.68 Å². The normalized spacial score (nSPS) is 12.1. The van der Waals surface area contributed by atoms with Crippen LogP contribution in [0.5, 0.6) is 0 Å². The number of nitrogens with one attached hydrogen (secondary N) is 1. The van der Waals surface area contributed by atoms with Crippen LogP contribution in [0.25, 0.3) is 0 Å². The van der Waals surface area contributed by atoms with E-state index in [4.69, 9.17) is 0 Å². The van der Waals surface area contributed by atoms with E-state index in [2.05, 4.69) is 15.6 Å². The molecule has 2 N–H and O–H groups in total. The predicted molar refractivity (Wildman–Crippen MR) is 57.4 cm³/mol. The van der Waals surface area contributed by atoms with Crippen LogP contribution in [-0.2, 0) is 0 Å². The highest BCUT2D eigenvalue weighted by atomic mass is 16.6. The Labute approximate surface area is 95.6 Å². The molecule has 88 valence electrons. The van der Waals surface area contributed by atoms with Gasteiger partial charge in [0.2, 0.25) is 0 Å². The summed E-state index contributed by atoms with van der Waals surface area (Å²) in [7, 11) is 0. The zero-order chi connectivity index (χ0) is 12.3. The molecule has 8 nitrogen and oxygen atoms in total. The van der Waals surface area contributed by atoms with Gasteiger partial charge in [0.25, 0.3) is 5.69 Å². The van der Waals surface area contributed by atoms with Crippen LogP contribution >= 0.6 is 0 Å². The topological polar surface area (TPSA) is 106 Å². The Balaban J connectivity index is 2.09. The van der Waals surface area contributed by atoms with Crippen LogP contribution in [0.1, 0.15) is 11.8 Å². The summed E-state index contributed by atoms with van der Waals surface area (Å²) in [4.78, 5) is 9.95. The molecule has 1 aromatic carbocycles. The van der Waals surface area contributed by atoms with E-state index in [1.54, 1.807) is 0 Å². The number of nitrogens with zero attached hydrogens (tertiary/aromatic N) is 4. The van der Waals surface area contributed by atoms with Crippen molar-refractivity contribution in [2.45, 2.75) is 6.23 Å². The van der Waals surface area contributed by atoms with Gasteiger partial charge in [0.05, 0.1) is 4.92 Å². The first-order valence-corrected chi connectivity index (χ1v) is 4.70. The summed E-state index contributed by atoms with van der Waals surface area (Å²) in [5.41, 5.74) is 3.15. The maximum absolute atomic E-state index is 10.4. The summed E-state index contributed by atoms with van der Waals surface area (Å²) >= 11 is 0. The van der Waals surface area contributed by atoms with E-state index in [-0.39, 0.29) is 5.69 Å². The minimum Gasteiger partial charge on any atom is -0.368 e. The van der Waals surface area contributed by atoms with Gasteiger partial charge in [0.15, 0.2) is 6.23 Å². The van der Waals surface area contributed by atoms with E-state index in [1.165, 1.54) is 41.6 Å². The van der Waals surface area contributed by atoms with Gasteiger partial charge in [-0.05, 0) is 12.1 Å². The fourth-order valence-corrected chi connectivity index (χ4v) is 1.26. The number of rotatable bonds is 4. The number of nitro benzene ring substituents is 1. The Bertz CT molecular complexity index is 496. The fraction of sp³-hybridized carbons (Fsp3) is 0.111. The lowest BCUT2D eigenvalue weighted by Gasteiger charge is -2.13.